The number of aromatic nitrogens is 3. The maximum atomic E-state index is 13.6. The van der Waals surface area contributed by atoms with Crippen LogP contribution < -0.4 is 5.32 Å². The third-order valence-electron chi connectivity index (χ3n) is 8.61. The fourth-order valence-electron chi connectivity index (χ4n) is 6.52. The van der Waals surface area contributed by atoms with E-state index in [0.717, 1.165) is 32.1 Å². The highest BCUT2D eigenvalue weighted by molar-refractivity contribution is 7.13. The monoisotopic (exact) mass is 552 g/mol. The molecule has 10 heteroatoms. The number of rotatable bonds is 3. The molecule has 210 valence electrons. The van der Waals surface area contributed by atoms with Crippen LogP contribution in [0, 0.1) is 23.7 Å². The van der Waals surface area contributed by atoms with Crippen molar-refractivity contribution in [2.75, 3.05) is 19.6 Å². The number of carbonyl (C=O) groups is 3. The quantitative estimate of drug-likeness (QED) is 0.616. The predicted molar refractivity (Wildman–Crippen MR) is 150 cm³/mol. The lowest BCUT2D eigenvalue weighted by atomic mass is 9.77. The first-order valence-electron chi connectivity index (χ1n) is 14.4. The van der Waals surface area contributed by atoms with Crippen LogP contribution in [0.3, 0.4) is 0 Å². The highest BCUT2D eigenvalue weighted by Gasteiger charge is 2.44. The molecule has 0 aliphatic carbocycles. The van der Waals surface area contributed by atoms with Crippen molar-refractivity contribution in [2.24, 2.45) is 23.7 Å². The molecule has 2 aromatic rings. The molecule has 0 saturated carbocycles. The second kappa shape index (κ2) is 12.1. The molecule has 5 heterocycles. The summed E-state index contributed by atoms with van der Waals surface area (Å²) in [7, 11) is 0. The summed E-state index contributed by atoms with van der Waals surface area (Å²) in [6, 6.07) is 1.95. The van der Waals surface area contributed by atoms with Gasteiger partial charge in [0.1, 0.15) is 5.69 Å². The first-order valence-corrected chi connectivity index (χ1v) is 15.3. The van der Waals surface area contributed by atoms with Gasteiger partial charge in [0.05, 0.1) is 0 Å². The molecule has 3 fully saturated rings. The van der Waals surface area contributed by atoms with Crippen molar-refractivity contribution in [3.63, 3.8) is 0 Å². The maximum Gasteiger partial charge on any atom is 0.273 e. The molecule has 0 aromatic carbocycles. The third kappa shape index (κ3) is 6.48. The molecule has 0 unspecified atom stereocenters. The lowest BCUT2D eigenvalue weighted by Gasteiger charge is -2.51. The van der Waals surface area contributed by atoms with Gasteiger partial charge < -0.3 is 15.1 Å². The summed E-state index contributed by atoms with van der Waals surface area (Å²) in [5.74, 6) is 1.88. The summed E-state index contributed by atoms with van der Waals surface area (Å²) in [4.78, 5) is 57.0. The number of carbonyl (C=O) groups excluding carboxylic acids is 3. The topological polar surface area (TPSA) is 108 Å². The van der Waals surface area contributed by atoms with Crippen LogP contribution in [0.1, 0.15) is 76.2 Å². The van der Waals surface area contributed by atoms with Gasteiger partial charge in [0.15, 0.2) is 10.8 Å². The normalized spacial score (nSPS) is 28.7. The Balaban J connectivity index is 1.30. The largest absolute Gasteiger partial charge is 0.353 e. The van der Waals surface area contributed by atoms with Gasteiger partial charge in [-0.25, -0.2) is 15.0 Å². The predicted octanol–water partition coefficient (Wildman–Crippen LogP) is 4.02. The second-order valence-electron chi connectivity index (χ2n) is 12.0. The van der Waals surface area contributed by atoms with E-state index in [-0.39, 0.29) is 47.6 Å². The molecule has 3 amide bonds. The lowest BCUT2D eigenvalue weighted by molar-refractivity contribution is -0.141. The zero-order valence-electron chi connectivity index (χ0n) is 23.2. The number of amides is 3. The highest BCUT2D eigenvalue weighted by Crippen LogP contribution is 2.37. The molecule has 1 N–H and O–H groups in total. The van der Waals surface area contributed by atoms with E-state index in [1.807, 2.05) is 4.90 Å². The Bertz CT molecular complexity index is 1170. The van der Waals surface area contributed by atoms with Gasteiger partial charge in [-0.15, -0.1) is 11.3 Å². The molecular formula is C29H40N6O3S. The van der Waals surface area contributed by atoms with E-state index in [9.17, 15) is 14.4 Å². The van der Waals surface area contributed by atoms with Gasteiger partial charge in [-0.05, 0) is 61.8 Å². The Morgan fingerprint density at radius 1 is 1.10 bits per heavy atom. The fraction of sp³-hybridized carbons (Fsp3) is 0.655. The summed E-state index contributed by atoms with van der Waals surface area (Å²) < 4.78 is 0. The molecule has 0 spiro atoms. The van der Waals surface area contributed by atoms with Crippen LogP contribution in [-0.2, 0) is 9.59 Å². The third-order valence-corrected chi connectivity index (χ3v) is 9.44. The molecule has 5 atom stereocenters. The first kappa shape index (κ1) is 27.7. The zero-order chi connectivity index (χ0) is 27.5. The minimum atomic E-state index is -0.0692. The van der Waals surface area contributed by atoms with Crippen LogP contribution in [0.25, 0.3) is 10.8 Å². The summed E-state index contributed by atoms with van der Waals surface area (Å²) in [6.07, 6.45) is 8.71. The summed E-state index contributed by atoms with van der Waals surface area (Å²) in [5, 5.41) is 5.67. The first-order chi connectivity index (χ1) is 18.8. The maximum absolute atomic E-state index is 13.6. The van der Waals surface area contributed by atoms with E-state index >= 15 is 0 Å². The van der Waals surface area contributed by atoms with Gasteiger partial charge in [-0.3, -0.25) is 14.4 Å². The van der Waals surface area contributed by atoms with Crippen molar-refractivity contribution in [3.8, 4) is 10.8 Å². The molecule has 2 aromatic heterocycles. The number of fused-ring (bicyclic) bond motifs is 4. The molecule has 2 bridgehead atoms. The summed E-state index contributed by atoms with van der Waals surface area (Å²) in [6.45, 7) is 8.36. The molecule has 3 saturated heterocycles. The average Bonchev–Trinajstić information content (AvgIpc) is 3.42. The van der Waals surface area contributed by atoms with E-state index < -0.39 is 0 Å². The van der Waals surface area contributed by atoms with Crippen LogP contribution in [0.15, 0.2) is 23.8 Å². The molecule has 3 aliphatic rings. The molecular weight excluding hydrogens is 512 g/mol. The van der Waals surface area contributed by atoms with Gasteiger partial charge in [0.2, 0.25) is 11.8 Å². The van der Waals surface area contributed by atoms with E-state index in [0.29, 0.717) is 54.9 Å². The van der Waals surface area contributed by atoms with E-state index in [1.54, 1.807) is 23.8 Å². The van der Waals surface area contributed by atoms with Crippen molar-refractivity contribution < 1.29 is 14.4 Å². The van der Waals surface area contributed by atoms with Crippen LogP contribution in [-0.4, -0.2) is 74.2 Å². The Morgan fingerprint density at radius 2 is 1.90 bits per heavy atom. The molecule has 5 rings (SSSR count). The second-order valence-corrected chi connectivity index (χ2v) is 12.9. The van der Waals surface area contributed by atoms with Gasteiger partial charge in [-0.1, -0.05) is 20.8 Å². The van der Waals surface area contributed by atoms with Gasteiger partial charge in [0, 0.05) is 62.3 Å². The summed E-state index contributed by atoms with van der Waals surface area (Å²) >= 11 is 1.38. The van der Waals surface area contributed by atoms with Crippen LogP contribution >= 0.6 is 11.3 Å². The summed E-state index contributed by atoms with van der Waals surface area (Å²) in [5.41, 5.74) is 0.426. The van der Waals surface area contributed by atoms with Gasteiger partial charge >= 0.3 is 0 Å². The Labute approximate surface area is 234 Å². The molecule has 0 radical (unpaired) electrons. The number of piperidine rings is 2. The zero-order valence-corrected chi connectivity index (χ0v) is 24.0. The molecule has 9 nitrogen and oxygen atoms in total. The van der Waals surface area contributed by atoms with E-state index in [1.165, 1.54) is 11.3 Å². The lowest BCUT2D eigenvalue weighted by Crippen LogP contribution is -2.60. The van der Waals surface area contributed by atoms with Crippen molar-refractivity contribution in [1.82, 2.24) is 30.1 Å². The molecule has 39 heavy (non-hydrogen) atoms. The highest BCUT2D eigenvalue weighted by atomic mass is 32.1. The van der Waals surface area contributed by atoms with E-state index in [4.69, 9.17) is 0 Å². The molecule has 3 aliphatic heterocycles. The van der Waals surface area contributed by atoms with Gasteiger partial charge in [0.25, 0.3) is 5.91 Å². The Kier molecular flexibility index (Phi) is 8.59. The van der Waals surface area contributed by atoms with Crippen LogP contribution in [0.5, 0.6) is 0 Å². The van der Waals surface area contributed by atoms with E-state index in [2.05, 4.69) is 45.9 Å². The van der Waals surface area contributed by atoms with Crippen LogP contribution in [0.2, 0.25) is 0 Å². The Hall–Kier alpha value is -2.88. The standard InChI is InChI=1S/C29H40N6O3S/c1-18(2)22-9-8-19(3)12-26(37)35-15-20-13-21(24(35)6-4-7-25(36)32-22)16-34(14-20)29(38)23-17-39-28(33-23)27-30-10-5-11-31-27/h5,10-11,17-22,24H,4,6-9,12-16H2,1-3H3,(H,32,36)/t19-,20+,21+,22+,24+/m1/s1. The number of nitrogens with zero attached hydrogens (tertiary/aromatic N) is 5. The fourth-order valence-corrected chi connectivity index (χ4v) is 7.26. The SMILES string of the molecule is CC(C)[C@@H]1CC[C@@H](C)CC(=O)N2C[C@H]3C[C@@H](CN(C(=O)c4csc(-c5ncccn5)n4)C3)[C@@H]2CCCC(=O)N1. The van der Waals surface area contributed by atoms with Crippen molar-refractivity contribution in [3.05, 3.63) is 29.5 Å². The smallest absolute Gasteiger partial charge is 0.273 e. The minimum absolute atomic E-state index is 0.0507. The number of nitrogens with one attached hydrogen (secondary N) is 1. The van der Waals surface area contributed by atoms with Crippen LogP contribution in [0.4, 0.5) is 0 Å². The number of hydrogen-bond donors (Lipinski definition) is 1. The van der Waals surface area contributed by atoms with Crippen molar-refractivity contribution in [1.29, 1.82) is 0 Å². The van der Waals surface area contributed by atoms with Crippen molar-refractivity contribution >= 4 is 29.1 Å². The van der Waals surface area contributed by atoms with Gasteiger partial charge in [-0.2, -0.15) is 0 Å². The number of hydrogen-bond acceptors (Lipinski definition) is 7. The number of likely N-dealkylation sites (tertiary alicyclic amines) is 1. The average molecular weight is 553 g/mol. The number of thiazole rings is 1. The Morgan fingerprint density at radius 3 is 2.67 bits per heavy atom. The minimum Gasteiger partial charge on any atom is -0.353 e. The van der Waals surface area contributed by atoms with Crippen molar-refractivity contribution in [2.45, 2.75) is 77.8 Å².